The molecule has 21 heavy (non-hydrogen) atoms. The van der Waals surface area contributed by atoms with Crippen molar-refractivity contribution in [3.8, 4) is 11.5 Å². The predicted molar refractivity (Wildman–Crippen MR) is 92.9 cm³/mol. The standard InChI is InChI=1S/C17H22ClO2P/c1-13(2)21(18,19-16-11-7-5-9-14(16)3)20-17-12-8-6-10-15(17)4/h5-13,21H,1-4H3. The summed E-state index contributed by atoms with van der Waals surface area (Å²) in [5.74, 6) is 1.59. The van der Waals surface area contributed by atoms with Crippen molar-refractivity contribution in [2.75, 3.05) is 0 Å². The summed E-state index contributed by atoms with van der Waals surface area (Å²) in [7, 11) is -2.90. The Morgan fingerprint density at radius 1 is 0.810 bits per heavy atom. The molecule has 4 heteroatoms. The Bertz CT molecular complexity index is 566. The van der Waals surface area contributed by atoms with E-state index in [-0.39, 0.29) is 5.66 Å². The molecule has 2 aromatic carbocycles. The molecule has 114 valence electrons. The molecule has 0 N–H and O–H groups in total. The van der Waals surface area contributed by atoms with Gasteiger partial charge in [-0.1, -0.05) is 0 Å². The summed E-state index contributed by atoms with van der Waals surface area (Å²) in [4.78, 5) is 0. The van der Waals surface area contributed by atoms with Gasteiger partial charge in [0.15, 0.2) is 0 Å². The molecule has 0 amide bonds. The van der Waals surface area contributed by atoms with Crippen LogP contribution in [0.4, 0.5) is 0 Å². The first-order valence-electron chi connectivity index (χ1n) is 7.10. The van der Waals surface area contributed by atoms with E-state index in [1.54, 1.807) is 0 Å². The molecule has 2 rings (SSSR count). The number of benzene rings is 2. The number of hydrogen-bond donors (Lipinski definition) is 0. The predicted octanol–water partition coefficient (Wildman–Crippen LogP) is 5.90. The number of rotatable bonds is 5. The van der Waals surface area contributed by atoms with Crippen LogP contribution >= 0.6 is 18.3 Å². The van der Waals surface area contributed by atoms with E-state index >= 15 is 0 Å². The van der Waals surface area contributed by atoms with Crippen molar-refractivity contribution in [2.24, 2.45) is 0 Å². The summed E-state index contributed by atoms with van der Waals surface area (Å²) < 4.78 is 12.3. The van der Waals surface area contributed by atoms with E-state index in [1.807, 2.05) is 76.2 Å². The van der Waals surface area contributed by atoms with Crippen LogP contribution in [-0.2, 0) is 0 Å². The van der Waals surface area contributed by atoms with Crippen molar-refractivity contribution in [1.29, 1.82) is 0 Å². The molecular weight excluding hydrogens is 303 g/mol. The number of para-hydroxylation sites is 2. The van der Waals surface area contributed by atoms with Crippen LogP contribution in [0.3, 0.4) is 0 Å². The zero-order chi connectivity index (χ0) is 15.5. The Balaban J connectivity index is 2.29. The fourth-order valence-corrected chi connectivity index (χ4v) is 3.97. The van der Waals surface area contributed by atoms with Crippen LogP contribution < -0.4 is 9.05 Å². The van der Waals surface area contributed by atoms with Crippen LogP contribution in [0.5, 0.6) is 11.5 Å². The van der Waals surface area contributed by atoms with Gasteiger partial charge in [-0.25, -0.2) is 0 Å². The van der Waals surface area contributed by atoms with E-state index < -0.39 is 7.07 Å². The van der Waals surface area contributed by atoms with Gasteiger partial charge in [-0.2, -0.15) is 0 Å². The van der Waals surface area contributed by atoms with Gasteiger partial charge in [0, 0.05) is 0 Å². The fourth-order valence-electron chi connectivity index (χ4n) is 1.90. The van der Waals surface area contributed by atoms with Crippen molar-refractivity contribution < 1.29 is 9.05 Å². The SMILES string of the molecule is Cc1ccccc1O[PH](Cl)(Oc1ccccc1C)C(C)C. The van der Waals surface area contributed by atoms with Crippen molar-refractivity contribution in [1.82, 2.24) is 0 Å². The van der Waals surface area contributed by atoms with Crippen LogP contribution in [0.25, 0.3) is 0 Å². The minimum atomic E-state index is -2.90. The molecule has 0 spiro atoms. The fraction of sp³-hybridized carbons (Fsp3) is 0.294. The first-order valence-corrected chi connectivity index (χ1v) is 10.0. The minimum absolute atomic E-state index is 0.110. The second-order valence-electron chi connectivity index (χ2n) is 5.47. The zero-order valence-corrected chi connectivity index (χ0v) is 14.6. The Kier molecular flexibility index (Phi) is 5.13. The summed E-state index contributed by atoms with van der Waals surface area (Å²) in [6.07, 6.45) is 0. The Morgan fingerprint density at radius 2 is 1.19 bits per heavy atom. The third-order valence-corrected chi connectivity index (χ3v) is 7.52. The molecule has 0 bridgehead atoms. The average molecular weight is 325 g/mol. The summed E-state index contributed by atoms with van der Waals surface area (Å²) in [5, 5.41) is 0. The van der Waals surface area contributed by atoms with E-state index in [2.05, 4.69) is 0 Å². The molecule has 0 atom stereocenters. The Morgan fingerprint density at radius 3 is 1.52 bits per heavy atom. The summed E-state index contributed by atoms with van der Waals surface area (Å²) in [6.45, 7) is 8.09. The molecule has 0 saturated heterocycles. The van der Waals surface area contributed by atoms with Gasteiger partial charge in [0.05, 0.1) is 0 Å². The number of hydrogen-bond acceptors (Lipinski definition) is 2. The average Bonchev–Trinajstić information content (AvgIpc) is 2.44. The molecule has 0 unspecified atom stereocenters. The molecular formula is C17H22ClO2P. The third kappa shape index (κ3) is 3.90. The van der Waals surface area contributed by atoms with Crippen LogP contribution in [0, 0.1) is 13.8 Å². The summed E-state index contributed by atoms with van der Waals surface area (Å²) in [6, 6.07) is 15.7. The monoisotopic (exact) mass is 324 g/mol. The molecule has 0 saturated carbocycles. The maximum absolute atomic E-state index is 6.78. The van der Waals surface area contributed by atoms with E-state index in [0.717, 1.165) is 22.6 Å². The molecule has 0 radical (unpaired) electrons. The molecule has 0 aliphatic carbocycles. The van der Waals surface area contributed by atoms with Gasteiger partial charge in [-0.05, 0) is 0 Å². The van der Waals surface area contributed by atoms with Crippen LogP contribution in [0.1, 0.15) is 25.0 Å². The van der Waals surface area contributed by atoms with Crippen molar-refractivity contribution in [3.05, 3.63) is 59.7 Å². The molecule has 0 heterocycles. The quantitative estimate of drug-likeness (QED) is 0.637. The number of aryl methyl sites for hydroxylation is 2. The Labute approximate surface area is 132 Å². The first-order chi connectivity index (χ1) is 9.92. The first kappa shape index (κ1) is 16.1. The zero-order valence-electron chi connectivity index (χ0n) is 12.9. The van der Waals surface area contributed by atoms with Crippen LogP contribution in [-0.4, -0.2) is 5.66 Å². The van der Waals surface area contributed by atoms with E-state index in [0.29, 0.717) is 0 Å². The van der Waals surface area contributed by atoms with Crippen LogP contribution in [0.15, 0.2) is 48.5 Å². The van der Waals surface area contributed by atoms with E-state index in [4.69, 9.17) is 20.3 Å². The molecule has 0 aliphatic rings. The van der Waals surface area contributed by atoms with E-state index in [1.165, 1.54) is 0 Å². The van der Waals surface area contributed by atoms with Crippen molar-refractivity contribution >= 4 is 18.3 Å². The molecule has 0 aromatic heterocycles. The topological polar surface area (TPSA) is 18.5 Å². The van der Waals surface area contributed by atoms with Gasteiger partial charge in [0.2, 0.25) is 0 Å². The van der Waals surface area contributed by atoms with Crippen LogP contribution in [0.2, 0.25) is 0 Å². The van der Waals surface area contributed by atoms with E-state index in [9.17, 15) is 0 Å². The number of halogens is 1. The van der Waals surface area contributed by atoms with Gasteiger partial charge in [-0.15, -0.1) is 0 Å². The second kappa shape index (κ2) is 6.68. The molecule has 2 nitrogen and oxygen atoms in total. The summed E-state index contributed by atoms with van der Waals surface area (Å²) in [5.41, 5.74) is 2.23. The van der Waals surface area contributed by atoms with Gasteiger partial charge >= 0.3 is 132 Å². The van der Waals surface area contributed by atoms with Gasteiger partial charge < -0.3 is 0 Å². The normalized spacial score (nSPS) is 12.3. The van der Waals surface area contributed by atoms with Gasteiger partial charge in [0.1, 0.15) is 0 Å². The maximum atomic E-state index is 6.78. The Hall–Kier alpha value is -1.24. The van der Waals surface area contributed by atoms with Crippen molar-refractivity contribution in [2.45, 2.75) is 33.4 Å². The van der Waals surface area contributed by atoms with Crippen molar-refractivity contribution in [3.63, 3.8) is 0 Å². The third-order valence-electron chi connectivity index (χ3n) is 3.38. The van der Waals surface area contributed by atoms with Gasteiger partial charge in [-0.3, -0.25) is 0 Å². The molecule has 2 aromatic rings. The van der Waals surface area contributed by atoms with Gasteiger partial charge in [0.25, 0.3) is 0 Å². The second-order valence-corrected chi connectivity index (χ2v) is 9.78. The molecule has 0 aliphatic heterocycles. The summed E-state index contributed by atoms with van der Waals surface area (Å²) >= 11 is 6.78. The molecule has 0 fully saturated rings.